The first-order chi connectivity index (χ1) is 5.70. The Morgan fingerprint density at radius 1 is 1.42 bits per heavy atom. The molecule has 0 saturated heterocycles. The number of hydrogen-bond acceptors (Lipinski definition) is 1. The topological polar surface area (TPSA) is 20.2 Å². The third-order valence-electron chi connectivity index (χ3n) is 3.54. The molecular weight excluding hydrogens is 148 g/mol. The Morgan fingerprint density at radius 2 is 2.17 bits per heavy atom. The molecule has 1 fully saturated rings. The van der Waals surface area contributed by atoms with Gasteiger partial charge in [-0.05, 0) is 30.6 Å². The first kappa shape index (κ1) is 10.0. The number of aliphatic hydroxyl groups is 1. The average molecular weight is 170 g/mol. The number of aliphatic hydroxyl groups excluding tert-OH is 1. The van der Waals surface area contributed by atoms with Gasteiger partial charge in [0.25, 0.3) is 0 Å². The summed E-state index contributed by atoms with van der Waals surface area (Å²) < 4.78 is 0. The Balaban J connectivity index is 2.52. The number of rotatable bonds is 2. The van der Waals surface area contributed by atoms with E-state index < -0.39 is 0 Å². The first-order valence-corrected chi connectivity index (χ1v) is 5.31. The maximum Gasteiger partial charge on any atom is 0.0459 e. The van der Waals surface area contributed by atoms with Crippen LogP contribution in [0.3, 0.4) is 0 Å². The molecule has 1 heteroatoms. The van der Waals surface area contributed by atoms with E-state index >= 15 is 0 Å². The molecule has 1 N–H and O–H groups in total. The quantitative estimate of drug-likeness (QED) is 0.632. The summed E-state index contributed by atoms with van der Waals surface area (Å²) in [5, 5.41) is 9.14. The van der Waals surface area contributed by atoms with Gasteiger partial charge in [-0.1, -0.05) is 33.1 Å². The highest BCUT2D eigenvalue weighted by molar-refractivity contribution is 4.79. The van der Waals surface area contributed by atoms with Crippen LogP contribution >= 0.6 is 0 Å². The summed E-state index contributed by atoms with van der Waals surface area (Å²) in [5.41, 5.74) is 0.518. The molecule has 1 nitrogen and oxygen atoms in total. The molecule has 2 unspecified atom stereocenters. The van der Waals surface area contributed by atoms with Gasteiger partial charge in [0.15, 0.2) is 0 Å². The lowest BCUT2D eigenvalue weighted by atomic mass is 9.77. The third-order valence-corrected chi connectivity index (χ3v) is 3.54. The highest BCUT2D eigenvalue weighted by Gasteiger charge is 2.28. The van der Waals surface area contributed by atoms with E-state index in [4.69, 9.17) is 5.11 Å². The molecule has 0 aliphatic heterocycles. The Kier molecular flexibility index (Phi) is 3.57. The van der Waals surface area contributed by atoms with Crippen LogP contribution in [-0.2, 0) is 0 Å². The van der Waals surface area contributed by atoms with Gasteiger partial charge < -0.3 is 5.11 Å². The van der Waals surface area contributed by atoms with Crippen molar-refractivity contribution in [1.82, 2.24) is 0 Å². The fourth-order valence-electron chi connectivity index (χ4n) is 2.36. The minimum absolute atomic E-state index is 0.398. The van der Waals surface area contributed by atoms with Crippen molar-refractivity contribution in [3.63, 3.8) is 0 Å². The Labute approximate surface area is 76.2 Å². The zero-order valence-electron chi connectivity index (χ0n) is 8.47. The van der Waals surface area contributed by atoms with Crippen LogP contribution < -0.4 is 0 Å². The molecule has 12 heavy (non-hydrogen) atoms. The van der Waals surface area contributed by atoms with E-state index in [1.807, 2.05) is 0 Å². The lowest BCUT2D eigenvalue weighted by Crippen LogP contribution is -2.19. The van der Waals surface area contributed by atoms with Crippen LogP contribution in [0.15, 0.2) is 0 Å². The summed E-state index contributed by atoms with van der Waals surface area (Å²) in [6.45, 7) is 5.05. The normalized spacial score (nSPS) is 37.8. The van der Waals surface area contributed by atoms with Gasteiger partial charge in [0.1, 0.15) is 0 Å². The first-order valence-electron chi connectivity index (χ1n) is 5.31. The van der Waals surface area contributed by atoms with Gasteiger partial charge in [-0.15, -0.1) is 0 Å². The van der Waals surface area contributed by atoms with E-state index in [2.05, 4.69) is 13.8 Å². The van der Waals surface area contributed by atoms with Gasteiger partial charge in [-0.25, -0.2) is 0 Å². The molecule has 0 aromatic rings. The molecule has 0 radical (unpaired) electrons. The smallest absolute Gasteiger partial charge is 0.0459 e. The molecule has 1 saturated carbocycles. The van der Waals surface area contributed by atoms with Gasteiger partial charge in [-0.3, -0.25) is 0 Å². The molecule has 1 aliphatic carbocycles. The largest absolute Gasteiger partial charge is 0.396 e. The zero-order chi connectivity index (χ0) is 9.03. The minimum atomic E-state index is 0.398. The van der Waals surface area contributed by atoms with Crippen LogP contribution in [0.2, 0.25) is 0 Å². The van der Waals surface area contributed by atoms with Crippen molar-refractivity contribution in [1.29, 1.82) is 0 Å². The van der Waals surface area contributed by atoms with Crippen LogP contribution in [0.5, 0.6) is 0 Å². The highest BCUT2D eigenvalue weighted by atomic mass is 16.3. The summed E-state index contributed by atoms with van der Waals surface area (Å²) in [4.78, 5) is 0. The van der Waals surface area contributed by atoms with E-state index in [1.54, 1.807) is 0 Å². The maximum absolute atomic E-state index is 9.14. The van der Waals surface area contributed by atoms with Crippen LogP contribution in [0.1, 0.15) is 52.4 Å². The van der Waals surface area contributed by atoms with Gasteiger partial charge in [0, 0.05) is 6.61 Å². The molecule has 72 valence electrons. The fourth-order valence-corrected chi connectivity index (χ4v) is 2.36. The van der Waals surface area contributed by atoms with Crippen LogP contribution in [0.25, 0.3) is 0 Å². The molecule has 1 rings (SSSR count). The molecular formula is C11H22O. The summed E-state index contributed by atoms with van der Waals surface area (Å²) in [6, 6.07) is 0. The van der Waals surface area contributed by atoms with Crippen LogP contribution in [0, 0.1) is 11.3 Å². The van der Waals surface area contributed by atoms with E-state index in [0.29, 0.717) is 17.9 Å². The van der Waals surface area contributed by atoms with Crippen molar-refractivity contribution < 1.29 is 5.11 Å². The zero-order valence-corrected chi connectivity index (χ0v) is 8.47. The van der Waals surface area contributed by atoms with E-state index in [9.17, 15) is 0 Å². The minimum Gasteiger partial charge on any atom is -0.396 e. The molecule has 1 aliphatic rings. The lowest BCUT2D eigenvalue weighted by molar-refractivity contribution is 0.159. The van der Waals surface area contributed by atoms with Crippen molar-refractivity contribution >= 4 is 0 Å². The Hall–Kier alpha value is -0.0400. The predicted molar refractivity (Wildman–Crippen MR) is 52.1 cm³/mol. The van der Waals surface area contributed by atoms with Gasteiger partial charge >= 0.3 is 0 Å². The molecule has 0 aromatic heterocycles. The molecule has 2 atom stereocenters. The molecule has 0 heterocycles. The van der Waals surface area contributed by atoms with Crippen LogP contribution in [-0.4, -0.2) is 11.7 Å². The summed E-state index contributed by atoms with van der Waals surface area (Å²) in [7, 11) is 0. The highest BCUT2D eigenvalue weighted by Crippen LogP contribution is 2.39. The van der Waals surface area contributed by atoms with Crippen molar-refractivity contribution in [2.45, 2.75) is 52.4 Å². The van der Waals surface area contributed by atoms with Crippen molar-refractivity contribution in [3.8, 4) is 0 Å². The van der Waals surface area contributed by atoms with Gasteiger partial charge in [0.2, 0.25) is 0 Å². The predicted octanol–water partition coefficient (Wildman–Crippen LogP) is 2.98. The molecule has 0 aromatic carbocycles. The molecule has 0 bridgehead atoms. The van der Waals surface area contributed by atoms with Crippen molar-refractivity contribution in [2.24, 2.45) is 11.3 Å². The Morgan fingerprint density at radius 3 is 2.75 bits per heavy atom. The third kappa shape index (κ3) is 2.48. The maximum atomic E-state index is 9.14. The summed E-state index contributed by atoms with van der Waals surface area (Å²) >= 11 is 0. The second kappa shape index (κ2) is 4.27. The standard InChI is InChI=1S/C11H22O/c1-3-11(2)7-5-4-6-10(8-11)9-12/h10,12H,3-9H2,1-2H3. The van der Waals surface area contributed by atoms with Crippen molar-refractivity contribution in [3.05, 3.63) is 0 Å². The van der Waals surface area contributed by atoms with Gasteiger partial charge in [-0.2, -0.15) is 0 Å². The average Bonchev–Trinajstić information content (AvgIpc) is 2.28. The Bertz CT molecular complexity index is 133. The van der Waals surface area contributed by atoms with Gasteiger partial charge in [0.05, 0.1) is 0 Å². The molecule has 0 spiro atoms. The number of hydrogen-bond donors (Lipinski definition) is 1. The van der Waals surface area contributed by atoms with Crippen molar-refractivity contribution in [2.75, 3.05) is 6.61 Å². The summed E-state index contributed by atoms with van der Waals surface area (Å²) in [6.07, 6.45) is 7.79. The second-order valence-corrected chi connectivity index (χ2v) is 4.66. The molecule has 0 amide bonds. The van der Waals surface area contributed by atoms with E-state index in [-0.39, 0.29) is 0 Å². The SMILES string of the molecule is CCC1(C)CCCCC(CO)C1. The van der Waals surface area contributed by atoms with Crippen LogP contribution in [0.4, 0.5) is 0 Å². The second-order valence-electron chi connectivity index (χ2n) is 4.66. The fraction of sp³-hybridized carbons (Fsp3) is 1.00. The summed E-state index contributed by atoms with van der Waals surface area (Å²) in [5.74, 6) is 0.581. The van der Waals surface area contributed by atoms with E-state index in [0.717, 1.165) is 0 Å². The monoisotopic (exact) mass is 170 g/mol. The van der Waals surface area contributed by atoms with E-state index in [1.165, 1.54) is 38.5 Å². The lowest BCUT2D eigenvalue weighted by Gasteiger charge is -2.29.